The number of aliphatic hydroxyl groups is 1. The molecule has 1 atom stereocenters. The van der Waals surface area contributed by atoms with Gasteiger partial charge in [0.25, 0.3) is 5.91 Å². The molecule has 7 heteroatoms. The third-order valence-corrected chi connectivity index (χ3v) is 4.95. The number of benzene rings is 2. The van der Waals surface area contributed by atoms with Gasteiger partial charge in [-0.15, -0.1) is 0 Å². The van der Waals surface area contributed by atoms with Crippen LogP contribution in [0.25, 0.3) is 0 Å². The first kappa shape index (κ1) is 21.1. The molecule has 1 heterocycles. The molecular formula is C23H23NO6. The number of phenolic OH excluding ortho intramolecular Hbond substituents is 1. The SMILES string of the molecule is CCOC(=O)c1ccc(CN2C(=O)C(O)=C(C(=O)CC)C2c2ccc(O)cc2)cc1. The lowest BCUT2D eigenvalue weighted by molar-refractivity contribution is -0.130. The number of carbonyl (C=O) groups excluding carboxylic acids is 3. The van der Waals surface area contributed by atoms with E-state index in [1.165, 1.54) is 17.0 Å². The Morgan fingerprint density at radius 1 is 1.00 bits per heavy atom. The number of aliphatic hydroxyl groups excluding tert-OH is 1. The van der Waals surface area contributed by atoms with Crippen molar-refractivity contribution >= 4 is 17.7 Å². The van der Waals surface area contributed by atoms with Crippen molar-refractivity contribution in [2.75, 3.05) is 6.61 Å². The number of carbonyl (C=O) groups is 3. The summed E-state index contributed by atoms with van der Waals surface area (Å²) in [5.74, 6) is -1.89. The Morgan fingerprint density at radius 2 is 1.63 bits per heavy atom. The summed E-state index contributed by atoms with van der Waals surface area (Å²) in [4.78, 5) is 38.5. The molecule has 3 rings (SSSR count). The number of ketones is 1. The van der Waals surface area contributed by atoms with Crippen LogP contribution in [0.2, 0.25) is 0 Å². The summed E-state index contributed by atoms with van der Waals surface area (Å²) < 4.78 is 4.97. The van der Waals surface area contributed by atoms with Crippen LogP contribution in [0.15, 0.2) is 59.9 Å². The number of Topliss-reactive ketones (excluding diaryl/α,β-unsaturated/α-hetero) is 1. The normalized spacial score (nSPS) is 16.1. The van der Waals surface area contributed by atoms with Crippen LogP contribution in [-0.2, 0) is 20.9 Å². The van der Waals surface area contributed by atoms with Crippen molar-refractivity contribution in [2.24, 2.45) is 0 Å². The minimum atomic E-state index is -0.768. The standard InChI is InChI=1S/C23H23NO6/c1-3-18(26)19-20(15-9-11-17(25)12-10-15)24(22(28)21(19)27)13-14-5-7-16(8-6-14)23(29)30-4-2/h5-12,20,25,27H,3-4,13H2,1-2H3. The molecule has 30 heavy (non-hydrogen) atoms. The molecule has 0 fully saturated rings. The summed E-state index contributed by atoms with van der Waals surface area (Å²) in [6.45, 7) is 3.79. The Labute approximate surface area is 174 Å². The lowest BCUT2D eigenvalue weighted by Gasteiger charge is -2.27. The fourth-order valence-corrected chi connectivity index (χ4v) is 3.45. The van der Waals surface area contributed by atoms with Crippen LogP contribution in [0, 0.1) is 0 Å². The van der Waals surface area contributed by atoms with Crippen molar-refractivity contribution in [1.29, 1.82) is 0 Å². The van der Waals surface area contributed by atoms with Crippen molar-refractivity contribution in [3.8, 4) is 5.75 Å². The van der Waals surface area contributed by atoms with E-state index in [0.717, 1.165) is 5.56 Å². The molecule has 7 nitrogen and oxygen atoms in total. The summed E-state index contributed by atoms with van der Waals surface area (Å²) in [7, 11) is 0. The van der Waals surface area contributed by atoms with Gasteiger partial charge in [0.15, 0.2) is 11.5 Å². The van der Waals surface area contributed by atoms with E-state index in [2.05, 4.69) is 0 Å². The molecule has 2 aromatic rings. The molecule has 2 aromatic carbocycles. The van der Waals surface area contributed by atoms with Crippen LogP contribution in [0.3, 0.4) is 0 Å². The zero-order chi connectivity index (χ0) is 21.8. The molecule has 2 N–H and O–H groups in total. The Kier molecular flexibility index (Phi) is 6.20. The molecule has 0 radical (unpaired) electrons. The number of hydrogen-bond acceptors (Lipinski definition) is 6. The van der Waals surface area contributed by atoms with Gasteiger partial charge in [-0.2, -0.15) is 0 Å². The van der Waals surface area contributed by atoms with Gasteiger partial charge in [0.05, 0.1) is 23.8 Å². The number of aromatic hydroxyl groups is 1. The van der Waals surface area contributed by atoms with Gasteiger partial charge < -0.3 is 19.8 Å². The van der Waals surface area contributed by atoms with Gasteiger partial charge in [-0.25, -0.2) is 4.79 Å². The van der Waals surface area contributed by atoms with Crippen LogP contribution in [0.5, 0.6) is 5.75 Å². The minimum absolute atomic E-state index is 0.0522. The highest BCUT2D eigenvalue weighted by atomic mass is 16.5. The summed E-state index contributed by atoms with van der Waals surface area (Å²) in [6, 6.07) is 12.0. The van der Waals surface area contributed by atoms with Gasteiger partial charge in [0, 0.05) is 13.0 Å². The van der Waals surface area contributed by atoms with Crippen molar-refractivity contribution in [2.45, 2.75) is 32.9 Å². The van der Waals surface area contributed by atoms with E-state index in [0.29, 0.717) is 11.1 Å². The summed E-state index contributed by atoms with van der Waals surface area (Å²) >= 11 is 0. The maximum absolute atomic E-state index is 12.8. The van der Waals surface area contributed by atoms with Gasteiger partial charge >= 0.3 is 5.97 Å². The molecule has 0 saturated carbocycles. The summed E-state index contributed by atoms with van der Waals surface area (Å²) in [5.41, 5.74) is 1.77. The molecule has 1 aliphatic heterocycles. The molecule has 0 aliphatic carbocycles. The Hall–Kier alpha value is -3.61. The maximum atomic E-state index is 12.8. The molecular weight excluding hydrogens is 386 g/mol. The highest BCUT2D eigenvalue weighted by Crippen LogP contribution is 2.39. The second-order valence-corrected chi connectivity index (χ2v) is 6.88. The highest BCUT2D eigenvalue weighted by Gasteiger charge is 2.42. The van der Waals surface area contributed by atoms with E-state index < -0.39 is 23.7 Å². The van der Waals surface area contributed by atoms with Gasteiger partial charge in [0.1, 0.15) is 5.75 Å². The summed E-state index contributed by atoms with van der Waals surface area (Å²) in [6.07, 6.45) is 0.142. The predicted molar refractivity (Wildman–Crippen MR) is 109 cm³/mol. The second-order valence-electron chi connectivity index (χ2n) is 6.88. The molecule has 0 spiro atoms. The predicted octanol–water partition coefficient (Wildman–Crippen LogP) is 3.44. The van der Waals surface area contributed by atoms with E-state index in [-0.39, 0.29) is 36.7 Å². The van der Waals surface area contributed by atoms with Crippen LogP contribution >= 0.6 is 0 Å². The summed E-state index contributed by atoms with van der Waals surface area (Å²) in [5, 5.41) is 20.0. The zero-order valence-electron chi connectivity index (χ0n) is 16.8. The first-order valence-corrected chi connectivity index (χ1v) is 9.69. The van der Waals surface area contributed by atoms with E-state index >= 15 is 0 Å². The quantitative estimate of drug-likeness (QED) is 0.679. The lowest BCUT2D eigenvalue weighted by Crippen LogP contribution is -2.30. The van der Waals surface area contributed by atoms with E-state index in [1.807, 2.05) is 0 Å². The molecule has 1 aliphatic rings. The maximum Gasteiger partial charge on any atom is 0.338 e. The van der Waals surface area contributed by atoms with Gasteiger partial charge in [-0.3, -0.25) is 9.59 Å². The average Bonchev–Trinajstić information content (AvgIpc) is 2.99. The molecule has 1 amide bonds. The number of hydrogen-bond donors (Lipinski definition) is 2. The molecule has 0 saturated heterocycles. The van der Waals surface area contributed by atoms with Crippen LogP contribution in [0.4, 0.5) is 0 Å². The minimum Gasteiger partial charge on any atom is -0.508 e. The zero-order valence-corrected chi connectivity index (χ0v) is 16.8. The highest BCUT2D eigenvalue weighted by molar-refractivity contribution is 6.08. The fraction of sp³-hybridized carbons (Fsp3) is 0.261. The number of rotatable bonds is 7. The first-order valence-electron chi connectivity index (χ1n) is 9.69. The fourth-order valence-electron chi connectivity index (χ4n) is 3.45. The Morgan fingerprint density at radius 3 is 2.20 bits per heavy atom. The van der Waals surface area contributed by atoms with Crippen LogP contribution < -0.4 is 0 Å². The lowest BCUT2D eigenvalue weighted by atomic mass is 9.95. The Balaban J connectivity index is 1.94. The first-order chi connectivity index (χ1) is 14.4. The number of phenols is 1. The monoisotopic (exact) mass is 409 g/mol. The third-order valence-electron chi connectivity index (χ3n) is 4.95. The topological polar surface area (TPSA) is 104 Å². The van der Waals surface area contributed by atoms with E-state index in [9.17, 15) is 24.6 Å². The van der Waals surface area contributed by atoms with Crippen molar-refractivity contribution < 1.29 is 29.3 Å². The van der Waals surface area contributed by atoms with Gasteiger partial charge in [-0.05, 0) is 42.3 Å². The number of nitrogens with zero attached hydrogens (tertiary/aromatic N) is 1. The van der Waals surface area contributed by atoms with Crippen molar-refractivity contribution in [3.05, 3.63) is 76.6 Å². The molecule has 156 valence electrons. The van der Waals surface area contributed by atoms with Crippen LogP contribution in [-0.4, -0.2) is 39.4 Å². The smallest absolute Gasteiger partial charge is 0.338 e. The average molecular weight is 409 g/mol. The molecule has 0 aromatic heterocycles. The van der Waals surface area contributed by atoms with E-state index in [4.69, 9.17) is 4.74 Å². The van der Waals surface area contributed by atoms with Gasteiger partial charge in [-0.1, -0.05) is 31.2 Å². The number of amides is 1. The van der Waals surface area contributed by atoms with Crippen molar-refractivity contribution in [3.63, 3.8) is 0 Å². The van der Waals surface area contributed by atoms with Crippen molar-refractivity contribution in [1.82, 2.24) is 4.90 Å². The molecule has 0 bridgehead atoms. The van der Waals surface area contributed by atoms with E-state index in [1.54, 1.807) is 50.2 Å². The molecule has 1 unspecified atom stereocenters. The number of ether oxygens (including phenoxy) is 1. The van der Waals surface area contributed by atoms with Gasteiger partial charge in [0.2, 0.25) is 0 Å². The Bertz CT molecular complexity index is 991. The largest absolute Gasteiger partial charge is 0.508 e. The second kappa shape index (κ2) is 8.82. The number of esters is 1. The third kappa shape index (κ3) is 4.05. The van der Waals surface area contributed by atoms with Crippen LogP contribution in [0.1, 0.15) is 47.8 Å².